The summed E-state index contributed by atoms with van der Waals surface area (Å²) in [6.07, 6.45) is 1.77. The summed E-state index contributed by atoms with van der Waals surface area (Å²) in [5.74, 6) is -0.796. The number of fused-ring (bicyclic) bond motifs is 1. The highest BCUT2D eigenvalue weighted by Gasteiger charge is 2.35. The summed E-state index contributed by atoms with van der Waals surface area (Å²) in [6, 6.07) is 6.57. The molecule has 8 heteroatoms. The van der Waals surface area contributed by atoms with Gasteiger partial charge in [-0.1, -0.05) is 6.07 Å². The lowest BCUT2D eigenvalue weighted by Gasteiger charge is -2.35. The van der Waals surface area contributed by atoms with E-state index in [9.17, 15) is 18.0 Å². The monoisotopic (exact) mass is 349 g/mol. The smallest absolute Gasteiger partial charge is 0.254 e. The van der Waals surface area contributed by atoms with Crippen molar-refractivity contribution in [3.05, 3.63) is 36.0 Å². The molecule has 1 unspecified atom stereocenters. The van der Waals surface area contributed by atoms with Crippen molar-refractivity contribution in [2.45, 2.75) is 12.5 Å². The third-order valence-electron chi connectivity index (χ3n) is 4.29. The van der Waals surface area contributed by atoms with Crippen molar-refractivity contribution in [3.8, 4) is 0 Å². The predicted molar refractivity (Wildman–Crippen MR) is 90.5 cm³/mol. The molecule has 7 nitrogen and oxygen atoms in total. The number of nitrogens with one attached hydrogen (secondary N) is 2. The van der Waals surface area contributed by atoms with Crippen LogP contribution >= 0.6 is 0 Å². The fourth-order valence-corrected chi connectivity index (χ4v) is 4.51. The van der Waals surface area contributed by atoms with Gasteiger partial charge in [-0.05, 0) is 23.6 Å². The Hall–Kier alpha value is -2.35. The number of carbonyl (C=O) groups excluding carboxylic acids is 2. The van der Waals surface area contributed by atoms with Crippen LogP contribution < -0.4 is 5.32 Å². The number of aromatic nitrogens is 1. The molecular weight excluding hydrogens is 330 g/mol. The zero-order valence-electron chi connectivity index (χ0n) is 13.3. The molecule has 2 N–H and O–H groups in total. The lowest BCUT2D eigenvalue weighted by molar-refractivity contribution is -0.121. The maximum Gasteiger partial charge on any atom is 0.254 e. The van der Waals surface area contributed by atoms with E-state index in [0.717, 1.165) is 10.9 Å². The number of amides is 2. The van der Waals surface area contributed by atoms with Crippen LogP contribution in [0, 0.1) is 0 Å². The first-order chi connectivity index (χ1) is 11.4. The van der Waals surface area contributed by atoms with Crippen molar-refractivity contribution in [1.82, 2.24) is 15.2 Å². The highest BCUT2D eigenvalue weighted by molar-refractivity contribution is 7.91. The summed E-state index contributed by atoms with van der Waals surface area (Å²) >= 11 is 0. The fraction of sp³-hybridized carbons (Fsp3) is 0.375. The summed E-state index contributed by atoms with van der Waals surface area (Å²) in [6.45, 7) is 0.103. The largest absolute Gasteiger partial charge is 0.361 e. The maximum atomic E-state index is 12.8. The Labute approximate surface area is 139 Å². The quantitative estimate of drug-likeness (QED) is 0.845. The molecule has 2 amide bonds. The van der Waals surface area contributed by atoms with Gasteiger partial charge in [-0.15, -0.1) is 0 Å². The zero-order chi connectivity index (χ0) is 17.3. The summed E-state index contributed by atoms with van der Waals surface area (Å²) in [5, 5.41) is 3.48. The Morgan fingerprint density at radius 1 is 1.33 bits per heavy atom. The zero-order valence-corrected chi connectivity index (χ0v) is 14.1. The summed E-state index contributed by atoms with van der Waals surface area (Å²) < 4.78 is 23.8. The van der Waals surface area contributed by atoms with Crippen LogP contribution in [0.1, 0.15) is 16.8 Å². The first kappa shape index (κ1) is 16.5. The molecule has 1 aromatic carbocycles. The van der Waals surface area contributed by atoms with Gasteiger partial charge in [0.15, 0.2) is 9.84 Å². The second-order valence-electron chi connectivity index (χ2n) is 5.92. The topological polar surface area (TPSA) is 99.3 Å². The first-order valence-corrected chi connectivity index (χ1v) is 9.51. The molecule has 2 aromatic rings. The van der Waals surface area contributed by atoms with E-state index in [4.69, 9.17) is 0 Å². The van der Waals surface area contributed by atoms with Crippen molar-refractivity contribution in [1.29, 1.82) is 0 Å². The molecule has 0 spiro atoms. The normalized spacial score (nSPS) is 20.0. The lowest BCUT2D eigenvalue weighted by atomic mass is 10.1. The van der Waals surface area contributed by atoms with Gasteiger partial charge in [0.25, 0.3) is 5.91 Å². The van der Waals surface area contributed by atoms with Gasteiger partial charge in [0.05, 0.1) is 17.5 Å². The van der Waals surface area contributed by atoms with E-state index < -0.39 is 15.9 Å². The standard InChI is InChI=1S/C16H19N3O4S/c1-17-15(20)9-13-10-24(22,23)7-6-19(13)16(21)12-3-2-11-4-5-18-14(11)8-12/h2-5,8,13,18H,6-7,9-10H2,1H3,(H,17,20). The van der Waals surface area contributed by atoms with E-state index in [-0.39, 0.29) is 36.3 Å². The molecular formula is C16H19N3O4S. The SMILES string of the molecule is CNC(=O)CC1CS(=O)(=O)CCN1C(=O)c1ccc2cc[nH]c2c1. The number of rotatable bonds is 3. The number of sulfone groups is 1. The van der Waals surface area contributed by atoms with Gasteiger partial charge < -0.3 is 15.2 Å². The van der Waals surface area contributed by atoms with E-state index >= 15 is 0 Å². The van der Waals surface area contributed by atoms with Crippen LogP contribution in [0.25, 0.3) is 10.9 Å². The lowest BCUT2D eigenvalue weighted by Crippen LogP contribution is -2.52. The van der Waals surface area contributed by atoms with Crippen molar-refractivity contribution >= 4 is 32.6 Å². The highest BCUT2D eigenvalue weighted by atomic mass is 32.2. The van der Waals surface area contributed by atoms with Crippen LogP contribution in [0.15, 0.2) is 30.5 Å². The van der Waals surface area contributed by atoms with Crippen molar-refractivity contribution in [2.75, 3.05) is 25.1 Å². The Morgan fingerprint density at radius 3 is 2.88 bits per heavy atom. The number of carbonyl (C=O) groups is 2. The van der Waals surface area contributed by atoms with Gasteiger partial charge in [-0.25, -0.2) is 8.42 Å². The molecule has 1 atom stereocenters. The second-order valence-corrected chi connectivity index (χ2v) is 8.15. The molecule has 128 valence electrons. The van der Waals surface area contributed by atoms with Crippen LogP contribution in [0.2, 0.25) is 0 Å². The first-order valence-electron chi connectivity index (χ1n) is 7.69. The molecule has 0 radical (unpaired) electrons. The van der Waals surface area contributed by atoms with E-state index in [1.807, 2.05) is 12.1 Å². The third kappa shape index (κ3) is 3.28. The van der Waals surface area contributed by atoms with Crippen LogP contribution in [-0.4, -0.2) is 61.3 Å². The Balaban J connectivity index is 1.88. The van der Waals surface area contributed by atoms with Gasteiger partial charge in [0.2, 0.25) is 5.91 Å². The molecule has 3 rings (SSSR count). The summed E-state index contributed by atoms with van der Waals surface area (Å²) in [7, 11) is -1.75. The van der Waals surface area contributed by atoms with Crippen LogP contribution in [0.5, 0.6) is 0 Å². The number of hydrogen-bond donors (Lipinski definition) is 2. The molecule has 1 saturated heterocycles. The van der Waals surface area contributed by atoms with Gasteiger partial charge in [-0.2, -0.15) is 0 Å². The molecule has 1 aliphatic rings. The van der Waals surface area contributed by atoms with E-state index in [1.165, 1.54) is 11.9 Å². The molecule has 1 aliphatic heterocycles. The second kappa shape index (κ2) is 6.27. The van der Waals surface area contributed by atoms with Crippen molar-refractivity contribution < 1.29 is 18.0 Å². The van der Waals surface area contributed by atoms with Crippen molar-refractivity contribution in [3.63, 3.8) is 0 Å². The van der Waals surface area contributed by atoms with Gasteiger partial charge in [-0.3, -0.25) is 9.59 Å². The van der Waals surface area contributed by atoms with Crippen LogP contribution in [0.3, 0.4) is 0 Å². The van der Waals surface area contributed by atoms with Gasteiger partial charge >= 0.3 is 0 Å². The average molecular weight is 349 g/mol. The van der Waals surface area contributed by atoms with E-state index in [1.54, 1.807) is 18.3 Å². The average Bonchev–Trinajstić information content (AvgIpc) is 3.01. The summed E-state index contributed by atoms with van der Waals surface area (Å²) in [5.41, 5.74) is 1.32. The minimum absolute atomic E-state index is 0.0216. The number of benzene rings is 1. The van der Waals surface area contributed by atoms with Crippen molar-refractivity contribution in [2.24, 2.45) is 0 Å². The minimum atomic E-state index is -3.24. The molecule has 1 aromatic heterocycles. The Bertz CT molecular complexity index is 888. The number of H-pyrrole nitrogens is 1. The fourth-order valence-electron chi connectivity index (χ4n) is 2.99. The highest BCUT2D eigenvalue weighted by Crippen LogP contribution is 2.21. The molecule has 1 fully saturated rings. The van der Waals surface area contributed by atoms with Gasteiger partial charge in [0, 0.05) is 37.3 Å². The predicted octanol–water partition coefficient (Wildman–Crippen LogP) is 0.543. The molecule has 2 heterocycles. The Kier molecular flexibility index (Phi) is 4.31. The number of hydrogen-bond acceptors (Lipinski definition) is 4. The molecule has 0 saturated carbocycles. The number of aromatic amines is 1. The number of nitrogens with zero attached hydrogens (tertiary/aromatic N) is 1. The van der Waals surface area contributed by atoms with Gasteiger partial charge in [0.1, 0.15) is 0 Å². The third-order valence-corrected chi connectivity index (χ3v) is 5.99. The van der Waals surface area contributed by atoms with Crippen LogP contribution in [-0.2, 0) is 14.6 Å². The van der Waals surface area contributed by atoms with E-state index in [0.29, 0.717) is 5.56 Å². The summed E-state index contributed by atoms with van der Waals surface area (Å²) in [4.78, 5) is 29.1. The molecule has 24 heavy (non-hydrogen) atoms. The van der Waals surface area contributed by atoms with E-state index in [2.05, 4.69) is 10.3 Å². The minimum Gasteiger partial charge on any atom is -0.361 e. The maximum absolute atomic E-state index is 12.8. The van der Waals surface area contributed by atoms with Crippen LogP contribution in [0.4, 0.5) is 0 Å². The molecule has 0 bridgehead atoms. The molecule has 0 aliphatic carbocycles. The Morgan fingerprint density at radius 2 is 2.12 bits per heavy atom.